The van der Waals surface area contributed by atoms with Gasteiger partial charge in [-0.1, -0.05) is 0 Å². The van der Waals surface area contributed by atoms with Crippen LogP contribution in [0.4, 0.5) is 0 Å². The molecule has 0 N–H and O–H groups in total. The lowest BCUT2D eigenvalue weighted by Gasteiger charge is -1.87. The Bertz CT molecular complexity index is 150. The number of carbonyl (C=O) groups excluding carboxylic acids is 1. The van der Waals surface area contributed by atoms with Gasteiger partial charge < -0.3 is 0 Å². The summed E-state index contributed by atoms with van der Waals surface area (Å²) in [6.45, 7) is -0.481. The Labute approximate surface area is 52.0 Å². The Balaban J connectivity index is 2.26. The van der Waals surface area contributed by atoms with E-state index in [1.807, 2.05) is 0 Å². The monoisotopic (exact) mass is 129 g/mol. The minimum Gasteiger partial charge on any atom is -0.292 e. The van der Waals surface area contributed by atoms with Crippen molar-refractivity contribution in [3.8, 4) is 0 Å². The van der Waals surface area contributed by atoms with Crippen molar-refractivity contribution in [1.29, 1.82) is 0 Å². The predicted octanol–water partition coefficient (Wildman–Crippen LogP) is 0.242. The topological polar surface area (TPSA) is 60.2 Å². The summed E-state index contributed by atoms with van der Waals surface area (Å²) in [7, 11) is 0. The minimum atomic E-state index is -0.569. The number of nitro groups is 1. The van der Waals surface area contributed by atoms with Gasteiger partial charge >= 0.3 is 0 Å². The number of hydrogen-bond acceptors (Lipinski definition) is 3. The predicted molar refractivity (Wildman–Crippen MR) is 29.6 cm³/mol. The molecule has 0 saturated heterocycles. The fourth-order valence-electron chi connectivity index (χ4n) is 0.662. The Morgan fingerprint density at radius 3 is 2.56 bits per heavy atom. The summed E-state index contributed by atoms with van der Waals surface area (Å²) in [5.41, 5.74) is 0. The third-order valence-corrected chi connectivity index (χ3v) is 1.32. The zero-order chi connectivity index (χ0) is 6.85. The van der Waals surface area contributed by atoms with Gasteiger partial charge in [-0.25, -0.2) is 0 Å². The van der Waals surface area contributed by atoms with E-state index in [1.165, 1.54) is 0 Å². The van der Waals surface area contributed by atoms with E-state index in [0.717, 1.165) is 12.8 Å². The lowest BCUT2D eigenvalue weighted by molar-refractivity contribution is -0.467. The average Bonchev–Trinajstić information content (AvgIpc) is 2.40. The molecule has 0 amide bonds. The van der Waals surface area contributed by atoms with Gasteiger partial charge in [0.15, 0.2) is 0 Å². The Morgan fingerprint density at radius 1 is 1.67 bits per heavy atom. The largest absolute Gasteiger partial charge is 0.292 e. The van der Waals surface area contributed by atoms with Gasteiger partial charge in [-0.05, 0) is 12.8 Å². The maximum absolute atomic E-state index is 10.6. The molecule has 4 nitrogen and oxygen atoms in total. The summed E-state index contributed by atoms with van der Waals surface area (Å²) in [4.78, 5) is 19.7. The first-order chi connectivity index (χ1) is 4.20. The van der Waals surface area contributed by atoms with Crippen LogP contribution in [0.1, 0.15) is 12.8 Å². The second-order valence-electron chi connectivity index (χ2n) is 2.23. The molecule has 0 bridgehead atoms. The summed E-state index contributed by atoms with van der Waals surface area (Å²) in [6.07, 6.45) is 1.71. The fraction of sp³-hybridized carbons (Fsp3) is 0.800. The van der Waals surface area contributed by atoms with Crippen molar-refractivity contribution in [3.63, 3.8) is 0 Å². The van der Waals surface area contributed by atoms with Crippen molar-refractivity contribution in [3.05, 3.63) is 10.1 Å². The van der Waals surface area contributed by atoms with E-state index in [2.05, 4.69) is 0 Å². The van der Waals surface area contributed by atoms with Crippen molar-refractivity contribution in [2.75, 3.05) is 6.54 Å². The van der Waals surface area contributed by atoms with Crippen LogP contribution in [0, 0.1) is 16.0 Å². The molecule has 0 spiro atoms. The molecule has 0 aromatic heterocycles. The molecule has 1 fully saturated rings. The second-order valence-corrected chi connectivity index (χ2v) is 2.23. The van der Waals surface area contributed by atoms with Crippen LogP contribution in [-0.2, 0) is 4.79 Å². The van der Waals surface area contributed by atoms with E-state index in [4.69, 9.17) is 0 Å². The molecule has 0 aliphatic heterocycles. The third kappa shape index (κ3) is 1.79. The lowest BCUT2D eigenvalue weighted by atomic mass is 10.3. The molecule has 1 aliphatic carbocycles. The van der Waals surface area contributed by atoms with E-state index in [1.54, 1.807) is 0 Å². The molecule has 4 heteroatoms. The number of nitrogens with zero attached hydrogens (tertiary/aromatic N) is 1. The fourth-order valence-corrected chi connectivity index (χ4v) is 0.662. The maximum Gasteiger partial charge on any atom is 0.261 e. The SMILES string of the molecule is O=C(C[N+](=O)[O-])C1CC1. The minimum absolute atomic E-state index is 0.0235. The number of hydrogen-bond donors (Lipinski definition) is 0. The highest BCUT2D eigenvalue weighted by atomic mass is 16.6. The van der Waals surface area contributed by atoms with Crippen LogP contribution in [0.25, 0.3) is 0 Å². The van der Waals surface area contributed by atoms with Gasteiger partial charge in [-0.3, -0.25) is 14.9 Å². The zero-order valence-electron chi connectivity index (χ0n) is 4.87. The highest BCUT2D eigenvalue weighted by Gasteiger charge is 2.32. The summed E-state index contributed by atoms with van der Waals surface area (Å²) in [5.74, 6) is -0.185. The molecular formula is C5H7NO3. The molecule has 50 valence electrons. The second kappa shape index (κ2) is 2.13. The summed E-state index contributed by atoms with van der Waals surface area (Å²) in [6, 6.07) is 0. The highest BCUT2D eigenvalue weighted by Crippen LogP contribution is 2.29. The standard InChI is InChI=1S/C5H7NO3/c7-5(3-6(8)9)4-1-2-4/h4H,1-3H2. The van der Waals surface area contributed by atoms with Crippen LogP contribution in [0.2, 0.25) is 0 Å². The van der Waals surface area contributed by atoms with Gasteiger partial charge in [0.25, 0.3) is 6.54 Å². The number of Topliss-reactive ketones (excluding diaryl/α,β-unsaturated/α-hetero) is 1. The summed E-state index contributed by atoms with van der Waals surface area (Å²) >= 11 is 0. The number of ketones is 1. The molecule has 1 rings (SSSR count). The molecule has 9 heavy (non-hydrogen) atoms. The van der Waals surface area contributed by atoms with Gasteiger partial charge in [0.1, 0.15) is 0 Å². The average molecular weight is 129 g/mol. The first-order valence-corrected chi connectivity index (χ1v) is 2.84. The summed E-state index contributed by atoms with van der Waals surface area (Å²) in [5, 5.41) is 9.73. The van der Waals surface area contributed by atoms with E-state index in [-0.39, 0.29) is 11.7 Å². The van der Waals surface area contributed by atoms with Gasteiger partial charge in [0.05, 0.1) is 0 Å². The van der Waals surface area contributed by atoms with Crippen LogP contribution in [0.3, 0.4) is 0 Å². The van der Waals surface area contributed by atoms with E-state index in [9.17, 15) is 14.9 Å². The quantitative estimate of drug-likeness (QED) is 0.405. The number of carbonyl (C=O) groups is 1. The van der Waals surface area contributed by atoms with Crippen molar-refractivity contribution < 1.29 is 9.72 Å². The Hall–Kier alpha value is -0.930. The third-order valence-electron chi connectivity index (χ3n) is 1.32. The van der Waals surface area contributed by atoms with Crippen LogP contribution in [-0.4, -0.2) is 17.3 Å². The Morgan fingerprint density at radius 2 is 2.22 bits per heavy atom. The highest BCUT2D eigenvalue weighted by molar-refractivity contribution is 5.83. The van der Waals surface area contributed by atoms with Crippen LogP contribution >= 0.6 is 0 Å². The molecule has 0 atom stereocenters. The number of rotatable bonds is 3. The molecule has 0 aromatic rings. The molecule has 0 radical (unpaired) electrons. The van der Waals surface area contributed by atoms with Gasteiger partial charge in [-0.2, -0.15) is 0 Å². The van der Waals surface area contributed by atoms with Crippen LogP contribution in [0.15, 0.2) is 0 Å². The normalized spacial score (nSPS) is 17.3. The zero-order valence-corrected chi connectivity index (χ0v) is 4.87. The van der Waals surface area contributed by atoms with Gasteiger partial charge in [0.2, 0.25) is 5.78 Å². The molecular weight excluding hydrogens is 122 g/mol. The molecule has 1 aliphatic rings. The van der Waals surface area contributed by atoms with Crippen molar-refractivity contribution in [2.24, 2.45) is 5.92 Å². The molecule has 0 heterocycles. The molecule has 0 unspecified atom stereocenters. The van der Waals surface area contributed by atoms with Crippen molar-refractivity contribution >= 4 is 5.78 Å². The first kappa shape index (κ1) is 6.19. The van der Waals surface area contributed by atoms with E-state index < -0.39 is 11.5 Å². The maximum atomic E-state index is 10.6. The first-order valence-electron chi connectivity index (χ1n) is 2.84. The molecule has 1 saturated carbocycles. The summed E-state index contributed by atoms with van der Waals surface area (Å²) < 4.78 is 0. The van der Waals surface area contributed by atoms with Gasteiger partial charge in [0, 0.05) is 10.8 Å². The van der Waals surface area contributed by atoms with E-state index in [0.29, 0.717) is 0 Å². The van der Waals surface area contributed by atoms with Crippen LogP contribution < -0.4 is 0 Å². The lowest BCUT2D eigenvalue weighted by Crippen LogP contribution is -2.14. The molecule has 0 aromatic carbocycles. The van der Waals surface area contributed by atoms with Gasteiger partial charge in [-0.15, -0.1) is 0 Å². The van der Waals surface area contributed by atoms with Crippen molar-refractivity contribution in [2.45, 2.75) is 12.8 Å². The van der Waals surface area contributed by atoms with Crippen molar-refractivity contribution in [1.82, 2.24) is 0 Å². The Kier molecular flexibility index (Phi) is 1.46. The smallest absolute Gasteiger partial charge is 0.261 e. The van der Waals surface area contributed by atoms with E-state index >= 15 is 0 Å². The van der Waals surface area contributed by atoms with Crippen LogP contribution in [0.5, 0.6) is 0 Å².